The van der Waals surface area contributed by atoms with Gasteiger partial charge in [-0.25, -0.2) is 0 Å². The van der Waals surface area contributed by atoms with E-state index in [-0.39, 0.29) is 11.9 Å². The van der Waals surface area contributed by atoms with E-state index < -0.39 is 0 Å². The number of hydrogen-bond acceptors (Lipinski definition) is 3. The molecular weight excluding hydrogens is 204 g/mol. The third-order valence-corrected chi connectivity index (χ3v) is 3.59. The van der Waals surface area contributed by atoms with Gasteiger partial charge < -0.3 is 15.4 Å². The van der Waals surface area contributed by atoms with Crippen molar-refractivity contribution >= 4 is 5.91 Å². The molecule has 3 atom stereocenters. The first kappa shape index (κ1) is 13.5. The Morgan fingerprint density at radius 2 is 2.38 bits per heavy atom. The van der Waals surface area contributed by atoms with E-state index >= 15 is 0 Å². The highest BCUT2D eigenvalue weighted by atomic mass is 16.5. The second-order valence-corrected chi connectivity index (χ2v) is 4.66. The predicted molar refractivity (Wildman–Crippen MR) is 64.2 cm³/mol. The Morgan fingerprint density at radius 3 is 3.00 bits per heavy atom. The molecule has 4 heteroatoms. The summed E-state index contributed by atoms with van der Waals surface area (Å²) < 4.78 is 5.10. The van der Waals surface area contributed by atoms with Crippen molar-refractivity contribution in [1.29, 1.82) is 0 Å². The average molecular weight is 228 g/mol. The lowest BCUT2D eigenvalue weighted by Gasteiger charge is -2.33. The first-order chi connectivity index (χ1) is 7.69. The highest BCUT2D eigenvalue weighted by Gasteiger charge is 2.28. The van der Waals surface area contributed by atoms with E-state index in [9.17, 15) is 4.79 Å². The molecule has 1 rings (SSSR count). The minimum atomic E-state index is -0.00579. The number of likely N-dealkylation sites (N-methyl/N-ethyl adjacent to an activating group) is 1. The molecule has 2 N–H and O–H groups in total. The third-order valence-electron chi connectivity index (χ3n) is 3.59. The summed E-state index contributed by atoms with van der Waals surface area (Å²) in [7, 11) is 3.43. The lowest BCUT2D eigenvalue weighted by atomic mass is 9.81. The maximum absolute atomic E-state index is 11.6. The molecule has 0 aromatic rings. The number of hydrogen-bond donors (Lipinski definition) is 2. The zero-order chi connectivity index (χ0) is 12.0. The van der Waals surface area contributed by atoms with Gasteiger partial charge in [-0.15, -0.1) is 0 Å². The molecule has 0 aromatic carbocycles. The van der Waals surface area contributed by atoms with E-state index in [0.717, 1.165) is 26.0 Å². The highest BCUT2D eigenvalue weighted by Crippen LogP contribution is 2.26. The molecule has 1 amide bonds. The summed E-state index contributed by atoms with van der Waals surface area (Å²) in [6, 6.07) is -0.00579. The molecule has 1 fully saturated rings. The van der Waals surface area contributed by atoms with Crippen LogP contribution in [0.4, 0.5) is 0 Å². The van der Waals surface area contributed by atoms with Gasteiger partial charge in [0.2, 0.25) is 5.91 Å². The van der Waals surface area contributed by atoms with Gasteiger partial charge in [-0.3, -0.25) is 4.79 Å². The van der Waals surface area contributed by atoms with Crippen LogP contribution < -0.4 is 10.6 Å². The van der Waals surface area contributed by atoms with E-state index in [0.29, 0.717) is 11.8 Å². The van der Waals surface area contributed by atoms with Crippen LogP contribution >= 0.6 is 0 Å². The fraction of sp³-hybridized carbons (Fsp3) is 0.917. The van der Waals surface area contributed by atoms with Crippen molar-refractivity contribution in [2.75, 3.05) is 27.3 Å². The van der Waals surface area contributed by atoms with Crippen molar-refractivity contribution in [2.45, 2.75) is 32.2 Å². The van der Waals surface area contributed by atoms with Gasteiger partial charge in [0.25, 0.3) is 0 Å². The first-order valence-electron chi connectivity index (χ1n) is 6.13. The smallest absolute Gasteiger partial charge is 0.236 e. The molecule has 1 heterocycles. The summed E-state index contributed by atoms with van der Waals surface area (Å²) in [5.41, 5.74) is 0. The fourth-order valence-corrected chi connectivity index (χ4v) is 2.38. The molecule has 94 valence electrons. The number of amides is 1. The summed E-state index contributed by atoms with van der Waals surface area (Å²) in [5, 5.41) is 5.98. The van der Waals surface area contributed by atoms with Crippen molar-refractivity contribution in [2.24, 2.45) is 11.8 Å². The first-order valence-corrected chi connectivity index (χ1v) is 6.13. The molecule has 0 spiro atoms. The van der Waals surface area contributed by atoms with E-state index in [1.54, 1.807) is 14.2 Å². The van der Waals surface area contributed by atoms with Gasteiger partial charge in [0.15, 0.2) is 0 Å². The molecule has 0 bridgehead atoms. The molecule has 0 aromatic heterocycles. The lowest BCUT2D eigenvalue weighted by Crippen LogP contribution is -2.48. The van der Waals surface area contributed by atoms with Crippen molar-refractivity contribution in [3.05, 3.63) is 0 Å². The summed E-state index contributed by atoms with van der Waals surface area (Å²) >= 11 is 0. The number of piperidine rings is 1. The van der Waals surface area contributed by atoms with Crippen LogP contribution in [0.3, 0.4) is 0 Å². The highest BCUT2D eigenvalue weighted by molar-refractivity contribution is 5.81. The Balaban J connectivity index is 2.40. The van der Waals surface area contributed by atoms with Crippen LogP contribution in [0.5, 0.6) is 0 Å². The van der Waals surface area contributed by atoms with Gasteiger partial charge in [-0.05, 0) is 37.6 Å². The van der Waals surface area contributed by atoms with Crippen LogP contribution in [-0.4, -0.2) is 39.3 Å². The number of carbonyl (C=O) groups excluding carboxylic acids is 1. The van der Waals surface area contributed by atoms with Crippen LogP contribution in [-0.2, 0) is 9.53 Å². The summed E-state index contributed by atoms with van der Waals surface area (Å²) in [6.45, 7) is 4.02. The number of ether oxygens (including phenoxy) is 1. The van der Waals surface area contributed by atoms with E-state index in [4.69, 9.17) is 4.74 Å². The largest absolute Gasteiger partial charge is 0.385 e. The fourth-order valence-electron chi connectivity index (χ4n) is 2.38. The van der Waals surface area contributed by atoms with Crippen molar-refractivity contribution in [3.8, 4) is 0 Å². The van der Waals surface area contributed by atoms with Crippen LogP contribution in [0.1, 0.15) is 26.2 Å². The van der Waals surface area contributed by atoms with Gasteiger partial charge >= 0.3 is 0 Å². The molecule has 0 saturated carbocycles. The van der Waals surface area contributed by atoms with E-state index in [1.165, 1.54) is 6.42 Å². The third kappa shape index (κ3) is 3.76. The molecule has 0 radical (unpaired) electrons. The standard InChI is InChI=1S/C12H24N2O2/c1-9(5-7-16-3)10-4-6-14-11(8-10)12(15)13-2/h9-11,14H,4-8H2,1-3H3,(H,13,15). The Kier molecular flexibility index (Phi) is 5.77. The Bertz CT molecular complexity index is 221. The lowest BCUT2D eigenvalue weighted by molar-refractivity contribution is -0.123. The Labute approximate surface area is 98.1 Å². The van der Waals surface area contributed by atoms with E-state index in [1.807, 2.05) is 0 Å². The van der Waals surface area contributed by atoms with E-state index in [2.05, 4.69) is 17.6 Å². The van der Waals surface area contributed by atoms with Crippen LogP contribution in [0, 0.1) is 11.8 Å². The molecule has 1 aliphatic rings. The molecule has 3 unspecified atom stereocenters. The average Bonchev–Trinajstić information content (AvgIpc) is 2.35. The topological polar surface area (TPSA) is 50.4 Å². The van der Waals surface area contributed by atoms with Crippen molar-refractivity contribution in [3.63, 3.8) is 0 Å². The maximum Gasteiger partial charge on any atom is 0.236 e. The predicted octanol–water partition coefficient (Wildman–Crippen LogP) is 0.773. The second kappa shape index (κ2) is 6.86. The monoisotopic (exact) mass is 228 g/mol. The van der Waals surface area contributed by atoms with Gasteiger partial charge in [0, 0.05) is 20.8 Å². The number of rotatable bonds is 5. The second-order valence-electron chi connectivity index (χ2n) is 4.66. The number of methoxy groups -OCH3 is 1. The van der Waals surface area contributed by atoms with Crippen LogP contribution in [0.25, 0.3) is 0 Å². The molecule has 4 nitrogen and oxygen atoms in total. The SMILES string of the molecule is CNC(=O)C1CC(C(C)CCOC)CCN1. The maximum atomic E-state index is 11.6. The molecule has 16 heavy (non-hydrogen) atoms. The van der Waals surface area contributed by atoms with Crippen LogP contribution in [0.15, 0.2) is 0 Å². The zero-order valence-corrected chi connectivity index (χ0v) is 10.6. The summed E-state index contributed by atoms with van der Waals surface area (Å²) in [6.07, 6.45) is 3.20. The number of nitrogens with one attached hydrogen (secondary N) is 2. The molecule has 1 saturated heterocycles. The minimum Gasteiger partial charge on any atom is -0.385 e. The number of carbonyl (C=O) groups is 1. The van der Waals surface area contributed by atoms with Gasteiger partial charge in [0.05, 0.1) is 6.04 Å². The zero-order valence-electron chi connectivity index (χ0n) is 10.6. The van der Waals surface area contributed by atoms with Gasteiger partial charge in [-0.1, -0.05) is 6.92 Å². The quantitative estimate of drug-likeness (QED) is 0.731. The summed E-state index contributed by atoms with van der Waals surface area (Å²) in [5.74, 6) is 1.39. The Morgan fingerprint density at radius 1 is 1.62 bits per heavy atom. The molecule has 0 aliphatic carbocycles. The van der Waals surface area contributed by atoms with Crippen molar-refractivity contribution < 1.29 is 9.53 Å². The normalized spacial score (nSPS) is 27.4. The minimum absolute atomic E-state index is 0.00579. The summed E-state index contributed by atoms with van der Waals surface area (Å²) in [4.78, 5) is 11.6. The Hall–Kier alpha value is -0.610. The van der Waals surface area contributed by atoms with Crippen LogP contribution in [0.2, 0.25) is 0 Å². The van der Waals surface area contributed by atoms with Crippen molar-refractivity contribution in [1.82, 2.24) is 10.6 Å². The molecular formula is C12H24N2O2. The molecule has 1 aliphatic heterocycles. The van der Waals surface area contributed by atoms with Gasteiger partial charge in [-0.2, -0.15) is 0 Å². The van der Waals surface area contributed by atoms with Gasteiger partial charge in [0.1, 0.15) is 0 Å².